The number of para-hydroxylation sites is 1. The summed E-state index contributed by atoms with van der Waals surface area (Å²) in [5.74, 6) is 2.19. The molecule has 1 aliphatic rings. The van der Waals surface area contributed by atoms with E-state index in [2.05, 4.69) is 19.9 Å². The molecule has 0 atom stereocenters. The van der Waals surface area contributed by atoms with Crippen molar-refractivity contribution in [1.29, 1.82) is 0 Å². The maximum absolute atomic E-state index is 12.5. The quantitative estimate of drug-likeness (QED) is 0.472. The van der Waals surface area contributed by atoms with Crippen molar-refractivity contribution in [2.75, 3.05) is 24.2 Å². The minimum atomic E-state index is -0.199. The fraction of sp³-hybridized carbons (Fsp3) is 0.318. The Hall–Kier alpha value is -2.66. The Kier molecular flexibility index (Phi) is 6.82. The Morgan fingerprint density at radius 1 is 1.21 bits per heavy atom. The van der Waals surface area contributed by atoms with Crippen molar-refractivity contribution in [3.8, 4) is 17.2 Å². The van der Waals surface area contributed by atoms with Crippen LogP contribution in [0.3, 0.4) is 0 Å². The molecule has 0 fully saturated rings. The minimum absolute atomic E-state index is 0.116. The monoisotopic (exact) mass is 401 g/mol. The standard InChI is InChI=1S/C22H24ClNO4/c1-16(2)6-5-11-26-19-8-4-3-7-17(19)14-24(22(25)13-23)18-9-10-20-21(12-18)28-15-27-20/h3-10,12,16H,11,13-15H2,1-2H3/b6-5-. The summed E-state index contributed by atoms with van der Waals surface area (Å²) in [4.78, 5) is 14.2. The number of hydrogen-bond donors (Lipinski definition) is 0. The van der Waals surface area contributed by atoms with Crippen molar-refractivity contribution in [3.05, 3.63) is 60.2 Å². The van der Waals surface area contributed by atoms with Crippen LogP contribution in [-0.4, -0.2) is 25.2 Å². The number of benzene rings is 2. The summed E-state index contributed by atoms with van der Waals surface area (Å²) in [6.45, 7) is 5.23. The molecule has 0 bridgehead atoms. The molecule has 1 heterocycles. The number of alkyl halides is 1. The van der Waals surface area contributed by atoms with E-state index in [0.717, 1.165) is 11.3 Å². The first kappa shape index (κ1) is 20.1. The molecule has 6 heteroatoms. The predicted molar refractivity (Wildman–Crippen MR) is 110 cm³/mol. The summed E-state index contributed by atoms with van der Waals surface area (Å²) >= 11 is 5.86. The van der Waals surface area contributed by atoms with Crippen molar-refractivity contribution in [2.45, 2.75) is 20.4 Å². The number of rotatable bonds is 8. The molecule has 28 heavy (non-hydrogen) atoms. The number of allylic oxidation sites excluding steroid dienone is 1. The van der Waals surface area contributed by atoms with Crippen LogP contribution in [0.25, 0.3) is 0 Å². The van der Waals surface area contributed by atoms with Gasteiger partial charge < -0.3 is 19.1 Å². The molecule has 0 spiro atoms. The molecule has 0 unspecified atom stereocenters. The summed E-state index contributed by atoms with van der Waals surface area (Å²) in [5, 5.41) is 0. The molecule has 0 saturated carbocycles. The van der Waals surface area contributed by atoms with Gasteiger partial charge in [-0.1, -0.05) is 44.2 Å². The molecule has 0 N–H and O–H groups in total. The smallest absolute Gasteiger partial charge is 0.242 e. The first-order valence-corrected chi connectivity index (χ1v) is 9.75. The molecule has 2 aromatic carbocycles. The number of amides is 1. The third-order valence-electron chi connectivity index (χ3n) is 4.24. The van der Waals surface area contributed by atoms with Gasteiger partial charge in [0.05, 0.1) is 6.54 Å². The topological polar surface area (TPSA) is 48.0 Å². The van der Waals surface area contributed by atoms with E-state index >= 15 is 0 Å². The average molecular weight is 402 g/mol. The molecule has 3 rings (SSSR count). The van der Waals surface area contributed by atoms with E-state index in [0.29, 0.717) is 36.3 Å². The Balaban J connectivity index is 1.81. The van der Waals surface area contributed by atoms with Crippen molar-refractivity contribution in [3.63, 3.8) is 0 Å². The maximum atomic E-state index is 12.5. The molecule has 1 aliphatic heterocycles. The lowest BCUT2D eigenvalue weighted by atomic mass is 10.1. The first-order chi connectivity index (χ1) is 13.6. The Labute approximate surface area is 170 Å². The second kappa shape index (κ2) is 9.51. The van der Waals surface area contributed by atoms with E-state index in [1.54, 1.807) is 17.0 Å². The Morgan fingerprint density at radius 3 is 2.79 bits per heavy atom. The van der Waals surface area contributed by atoms with Gasteiger partial charge in [0.15, 0.2) is 11.5 Å². The lowest BCUT2D eigenvalue weighted by Gasteiger charge is -2.23. The Bertz CT molecular complexity index is 850. The van der Waals surface area contributed by atoms with Crippen LogP contribution in [0, 0.1) is 5.92 Å². The highest BCUT2D eigenvalue weighted by Gasteiger charge is 2.21. The van der Waals surface area contributed by atoms with Gasteiger partial charge in [-0.3, -0.25) is 4.79 Å². The number of nitrogens with zero attached hydrogens (tertiary/aromatic N) is 1. The maximum Gasteiger partial charge on any atom is 0.242 e. The molecule has 0 aliphatic carbocycles. The number of fused-ring (bicyclic) bond motifs is 1. The molecule has 1 amide bonds. The van der Waals surface area contributed by atoms with Gasteiger partial charge in [0, 0.05) is 17.3 Å². The molecule has 148 valence electrons. The van der Waals surface area contributed by atoms with Crippen LogP contribution < -0.4 is 19.1 Å². The highest BCUT2D eigenvalue weighted by Crippen LogP contribution is 2.36. The zero-order chi connectivity index (χ0) is 19.9. The van der Waals surface area contributed by atoms with Gasteiger partial charge in [0.2, 0.25) is 12.7 Å². The van der Waals surface area contributed by atoms with Crippen LogP contribution >= 0.6 is 11.6 Å². The Morgan fingerprint density at radius 2 is 2.00 bits per heavy atom. The van der Waals surface area contributed by atoms with Gasteiger partial charge in [-0.25, -0.2) is 0 Å². The normalized spacial score (nSPS) is 12.6. The molecule has 5 nitrogen and oxygen atoms in total. The first-order valence-electron chi connectivity index (χ1n) is 9.22. The second-order valence-corrected chi connectivity index (χ2v) is 7.01. The number of hydrogen-bond acceptors (Lipinski definition) is 4. The zero-order valence-corrected chi connectivity index (χ0v) is 16.8. The second-order valence-electron chi connectivity index (χ2n) is 6.74. The third-order valence-corrected chi connectivity index (χ3v) is 4.47. The van der Waals surface area contributed by atoms with Crippen molar-refractivity contribution >= 4 is 23.2 Å². The number of ether oxygens (including phenoxy) is 3. The van der Waals surface area contributed by atoms with Crippen LogP contribution in [0.2, 0.25) is 0 Å². The van der Waals surface area contributed by atoms with E-state index in [9.17, 15) is 4.79 Å². The zero-order valence-electron chi connectivity index (χ0n) is 16.1. The van der Waals surface area contributed by atoms with Crippen LogP contribution in [0.15, 0.2) is 54.6 Å². The highest BCUT2D eigenvalue weighted by molar-refractivity contribution is 6.29. The molecule has 0 radical (unpaired) electrons. The lowest BCUT2D eigenvalue weighted by Crippen LogP contribution is -2.31. The lowest BCUT2D eigenvalue weighted by molar-refractivity contribution is -0.116. The van der Waals surface area contributed by atoms with Gasteiger partial charge in [0.25, 0.3) is 0 Å². The predicted octanol–water partition coefficient (Wildman–Crippen LogP) is 4.78. The SMILES string of the molecule is CC(C)/C=C\COc1ccccc1CN(C(=O)CCl)c1ccc2c(c1)OCO2. The number of carbonyl (C=O) groups is 1. The van der Waals surface area contributed by atoms with Crippen LogP contribution in [0.1, 0.15) is 19.4 Å². The van der Waals surface area contributed by atoms with E-state index in [1.807, 2.05) is 36.4 Å². The van der Waals surface area contributed by atoms with Crippen LogP contribution in [0.4, 0.5) is 5.69 Å². The largest absolute Gasteiger partial charge is 0.489 e. The van der Waals surface area contributed by atoms with Gasteiger partial charge >= 0.3 is 0 Å². The minimum Gasteiger partial charge on any atom is -0.489 e. The number of carbonyl (C=O) groups excluding carboxylic acids is 1. The van der Waals surface area contributed by atoms with Gasteiger partial charge in [-0.05, 0) is 24.1 Å². The van der Waals surface area contributed by atoms with Crippen molar-refractivity contribution in [2.24, 2.45) is 5.92 Å². The summed E-state index contributed by atoms with van der Waals surface area (Å²) in [6, 6.07) is 13.1. The highest BCUT2D eigenvalue weighted by atomic mass is 35.5. The number of halogens is 1. The van der Waals surface area contributed by atoms with E-state index in [1.165, 1.54) is 0 Å². The molecular formula is C22H24ClNO4. The summed E-state index contributed by atoms with van der Waals surface area (Å²) < 4.78 is 16.7. The van der Waals surface area contributed by atoms with Gasteiger partial charge in [-0.15, -0.1) is 11.6 Å². The van der Waals surface area contributed by atoms with E-state index in [4.69, 9.17) is 25.8 Å². The van der Waals surface area contributed by atoms with E-state index < -0.39 is 0 Å². The van der Waals surface area contributed by atoms with Gasteiger partial charge in [0.1, 0.15) is 18.2 Å². The third kappa shape index (κ3) is 4.98. The van der Waals surface area contributed by atoms with Crippen LogP contribution in [-0.2, 0) is 11.3 Å². The van der Waals surface area contributed by atoms with E-state index in [-0.39, 0.29) is 18.6 Å². The summed E-state index contributed by atoms with van der Waals surface area (Å²) in [5.41, 5.74) is 1.60. The van der Waals surface area contributed by atoms with Crippen molar-refractivity contribution in [1.82, 2.24) is 0 Å². The molecule has 0 saturated heterocycles. The van der Waals surface area contributed by atoms with Gasteiger partial charge in [-0.2, -0.15) is 0 Å². The fourth-order valence-corrected chi connectivity index (χ4v) is 3.00. The summed E-state index contributed by atoms with van der Waals surface area (Å²) in [6.07, 6.45) is 4.10. The fourth-order valence-electron chi connectivity index (χ4n) is 2.86. The van der Waals surface area contributed by atoms with Crippen molar-refractivity contribution < 1.29 is 19.0 Å². The average Bonchev–Trinajstić information content (AvgIpc) is 3.17. The molecular weight excluding hydrogens is 378 g/mol. The molecule has 2 aromatic rings. The summed E-state index contributed by atoms with van der Waals surface area (Å²) in [7, 11) is 0. The van der Waals surface area contributed by atoms with Crippen LogP contribution in [0.5, 0.6) is 17.2 Å². The molecule has 0 aromatic heterocycles. The number of anilines is 1.